The summed E-state index contributed by atoms with van der Waals surface area (Å²) in [5.41, 5.74) is 2.26. The van der Waals surface area contributed by atoms with Crippen molar-refractivity contribution < 1.29 is 9.18 Å². The summed E-state index contributed by atoms with van der Waals surface area (Å²) in [4.78, 5) is 20.1. The average Bonchev–Trinajstić information content (AvgIpc) is 3.05. The lowest BCUT2D eigenvalue weighted by molar-refractivity contribution is -0.137. The van der Waals surface area contributed by atoms with E-state index >= 15 is 0 Å². The molecule has 1 atom stereocenters. The van der Waals surface area contributed by atoms with Gasteiger partial charge in [-0.3, -0.25) is 4.79 Å². The fourth-order valence-corrected chi connectivity index (χ4v) is 4.29. The summed E-state index contributed by atoms with van der Waals surface area (Å²) in [6, 6.07) is 14.4. The second kappa shape index (κ2) is 7.04. The second-order valence-electron chi connectivity index (χ2n) is 8.24. The number of piperidine rings is 1. The number of aryl methyl sites for hydroxylation is 1. The minimum Gasteiger partial charge on any atom is -0.341 e. The summed E-state index contributed by atoms with van der Waals surface area (Å²) in [5, 5.41) is 0. The first-order valence-electron chi connectivity index (χ1n) is 9.84. The molecule has 2 heterocycles. The van der Waals surface area contributed by atoms with E-state index in [1.54, 1.807) is 12.1 Å². The highest BCUT2D eigenvalue weighted by Crippen LogP contribution is 2.32. The van der Waals surface area contributed by atoms with E-state index < -0.39 is 5.41 Å². The molecule has 146 valence electrons. The third kappa shape index (κ3) is 3.19. The van der Waals surface area contributed by atoms with Crippen molar-refractivity contribution in [2.24, 2.45) is 7.05 Å². The quantitative estimate of drug-likeness (QED) is 0.677. The molecule has 3 aromatic rings. The van der Waals surface area contributed by atoms with Crippen LogP contribution in [0.1, 0.15) is 44.0 Å². The van der Waals surface area contributed by atoms with Crippen molar-refractivity contribution >= 4 is 16.9 Å². The normalized spacial score (nSPS) is 17.9. The van der Waals surface area contributed by atoms with Crippen molar-refractivity contribution in [3.63, 3.8) is 0 Å². The zero-order valence-corrected chi connectivity index (χ0v) is 16.7. The van der Waals surface area contributed by atoms with Crippen LogP contribution in [0.2, 0.25) is 0 Å². The molecule has 1 aliphatic rings. The standard InChI is InChI=1S/C23H26FN3O/c1-23(2,17-10-12-18(24)13-11-17)22(28)27-14-6-7-16(15-27)21-25-19-8-4-5-9-20(19)26(21)3/h4-5,8-13,16H,6-7,14-15H2,1-3H3. The van der Waals surface area contributed by atoms with E-state index in [4.69, 9.17) is 4.98 Å². The Hall–Kier alpha value is -2.69. The van der Waals surface area contributed by atoms with Gasteiger partial charge < -0.3 is 9.47 Å². The second-order valence-corrected chi connectivity index (χ2v) is 8.24. The van der Waals surface area contributed by atoms with Gasteiger partial charge in [0.2, 0.25) is 5.91 Å². The highest BCUT2D eigenvalue weighted by molar-refractivity contribution is 5.87. The van der Waals surface area contributed by atoms with Gasteiger partial charge in [-0.05, 0) is 56.5 Å². The number of benzene rings is 2. The van der Waals surface area contributed by atoms with Crippen LogP contribution in [0.4, 0.5) is 4.39 Å². The third-order valence-electron chi connectivity index (χ3n) is 6.00. The van der Waals surface area contributed by atoms with Crippen molar-refractivity contribution in [2.75, 3.05) is 13.1 Å². The number of rotatable bonds is 3. The van der Waals surface area contributed by atoms with Crippen LogP contribution in [0.3, 0.4) is 0 Å². The number of nitrogens with zero attached hydrogens (tertiary/aromatic N) is 3. The van der Waals surface area contributed by atoms with E-state index in [0.717, 1.165) is 41.8 Å². The minimum absolute atomic E-state index is 0.0857. The van der Waals surface area contributed by atoms with Crippen molar-refractivity contribution in [3.05, 3.63) is 65.7 Å². The molecular formula is C23H26FN3O. The van der Waals surface area contributed by atoms with Gasteiger partial charge in [-0.15, -0.1) is 0 Å². The molecule has 0 spiro atoms. The lowest BCUT2D eigenvalue weighted by Crippen LogP contribution is -2.47. The maximum absolute atomic E-state index is 13.3. The van der Waals surface area contributed by atoms with Crippen LogP contribution in [0, 0.1) is 5.82 Å². The topological polar surface area (TPSA) is 38.1 Å². The number of fused-ring (bicyclic) bond motifs is 1. The number of carbonyl (C=O) groups excluding carboxylic acids is 1. The Labute approximate surface area is 165 Å². The lowest BCUT2D eigenvalue weighted by atomic mass is 9.82. The molecule has 1 unspecified atom stereocenters. The van der Waals surface area contributed by atoms with Gasteiger partial charge in [-0.2, -0.15) is 0 Å². The van der Waals surface area contributed by atoms with E-state index in [9.17, 15) is 9.18 Å². The molecule has 0 N–H and O–H groups in total. The number of hydrogen-bond acceptors (Lipinski definition) is 2. The van der Waals surface area contributed by atoms with Crippen LogP contribution < -0.4 is 0 Å². The molecule has 2 aromatic carbocycles. The van der Waals surface area contributed by atoms with Crippen LogP contribution in [-0.4, -0.2) is 33.4 Å². The van der Waals surface area contributed by atoms with Crippen molar-refractivity contribution in [1.29, 1.82) is 0 Å². The maximum Gasteiger partial charge on any atom is 0.232 e. The summed E-state index contributed by atoms with van der Waals surface area (Å²) in [6.45, 7) is 5.26. The van der Waals surface area contributed by atoms with Crippen LogP contribution in [0.5, 0.6) is 0 Å². The van der Waals surface area contributed by atoms with Crippen LogP contribution in [-0.2, 0) is 17.3 Å². The molecule has 0 saturated carbocycles. The summed E-state index contributed by atoms with van der Waals surface area (Å²) in [5.74, 6) is 1.06. The maximum atomic E-state index is 13.3. The van der Waals surface area contributed by atoms with Crippen LogP contribution in [0.15, 0.2) is 48.5 Å². The number of hydrogen-bond donors (Lipinski definition) is 0. The van der Waals surface area contributed by atoms with Crippen LogP contribution in [0.25, 0.3) is 11.0 Å². The molecule has 1 aromatic heterocycles. The van der Waals surface area contributed by atoms with Gasteiger partial charge in [0.15, 0.2) is 0 Å². The Morgan fingerprint density at radius 2 is 1.86 bits per heavy atom. The van der Waals surface area contributed by atoms with Gasteiger partial charge in [0.1, 0.15) is 11.6 Å². The molecule has 5 heteroatoms. The molecule has 4 rings (SSSR count). The van der Waals surface area contributed by atoms with Gasteiger partial charge in [0, 0.05) is 26.1 Å². The van der Waals surface area contributed by atoms with E-state index in [-0.39, 0.29) is 17.6 Å². The Kier molecular flexibility index (Phi) is 4.69. The predicted molar refractivity (Wildman–Crippen MR) is 109 cm³/mol. The highest BCUT2D eigenvalue weighted by atomic mass is 19.1. The molecule has 0 aliphatic carbocycles. The number of halogens is 1. The van der Waals surface area contributed by atoms with E-state index in [2.05, 4.69) is 10.6 Å². The van der Waals surface area contributed by atoms with E-state index in [1.165, 1.54) is 12.1 Å². The summed E-state index contributed by atoms with van der Waals surface area (Å²) >= 11 is 0. The zero-order valence-electron chi connectivity index (χ0n) is 16.7. The first-order chi connectivity index (χ1) is 13.4. The van der Waals surface area contributed by atoms with Gasteiger partial charge in [0.25, 0.3) is 0 Å². The van der Waals surface area contributed by atoms with Gasteiger partial charge in [0.05, 0.1) is 16.4 Å². The number of amides is 1. The smallest absolute Gasteiger partial charge is 0.232 e. The third-order valence-corrected chi connectivity index (χ3v) is 6.00. The molecule has 1 amide bonds. The van der Waals surface area contributed by atoms with E-state index in [0.29, 0.717) is 6.54 Å². The largest absolute Gasteiger partial charge is 0.341 e. The lowest BCUT2D eigenvalue weighted by Gasteiger charge is -2.37. The Morgan fingerprint density at radius 3 is 2.57 bits per heavy atom. The molecular weight excluding hydrogens is 353 g/mol. The minimum atomic E-state index is -0.693. The molecule has 0 bridgehead atoms. The van der Waals surface area contributed by atoms with Crippen LogP contribution >= 0.6 is 0 Å². The van der Waals surface area contributed by atoms with Crippen molar-refractivity contribution in [1.82, 2.24) is 14.5 Å². The molecule has 0 radical (unpaired) electrons. The summed E-state index contributed by atoms with van der Waals surface area (Å²) < 4.78 is 15.4. The van der Waals surface area contributed by atoms with Crippen molar-refractivity contribution in [2.45, 2.75) is 38.0 Å². The zero-order chi connectivity index (χ0) is 19.9. The number of imidazole rings is 1. The monoisotopic (exact) mass is 379 g/mol. The summed E-state index contributed by atoms with van der Waals surface area (Å²) in [6.07, 6.45) is 1.98. The molecule has 28 heavy (non-hydrogen) atoms. The molecule has 4 nitrogen and oxygen atoms in total. The first kappa shape index (κ1) is 18.7. The number of aromatic nitrogens is 2. The fraction of sp³-hybridized carbons (Fsp3) is 0.391. The van der Waals surface area contributed by atoms with Gasteiger partial charge >= 0.3 is 0 Å². The summed E-state index contributed by atoms with van der Waals surface area (Å²) in [7, 11) is 2.05. The van der Waals surface area contributed by atoms with E-state index in [1.807, 2.05) is 44.0 Å². The van der Waals surface area contributed by atoms with Gasteiger partial charge in [-0.25, -0.2) is 9.37 Å². The fourth-order valence-electron chi connectivity index (χ4n) is 4.29. The Morgan fingerprint density at radius 1 is 1.14 bits per heavy atom. The van der Waals surface area contributed by atoms with Crippen molar-refractivity contribution in [3.8, 4) is 0 Å². The predicted octanol–water partition coefficient (Wildman–Crippen LogP) is 4.40. The number of para-hydroxylation sites is 2. The molecule has 1 aliphatic heterocycles. The first-order valence-corrected chi connectivity index (χ1v) is 9.84. The highest BCUT2D eigenvalue weighted by Gasteiger charge is 2.37. The average molecular weight is 379 g/mol. The SMILES string of the molecule is Cn1c(C2CCCN(C(=O)C(C)(C)c3ccc(F)cc3)C2)nc2ccccc21. The Bertz CT molecular complexity index is 1010. The number of carbonyl (C=O) groups is 1. The molecule has 1 fully saturated rings. The number of likely N-dealkylation sites (tertiary alicyclic amines) is 1. The molecule has 1 saturated heterocycles. The van der Waals surface area contributed by atoms with Gasteiger partial charge in [-0.1, -0.05) is 24.3 Å². The Balaban J connectivity index is 1.58.